The quantitative estimate of drug-likeness (QED) is 0.802. The van der Waals surface area contributed by atoms with Crippen LogP contribution in [-0.4, -0.2) is 36.8 Å². The summed E-state index contributed by atoms with van der Waals surface area (Å²) in [5.41, 5.74) is -0.0802. The topological polar surface area (TPSA) is 59.8 Å². The predicted molar refractivity (Wildman–Crippen MR) is 91.9 cm³/mol. The summed E-state index contributed by atoms with van der Waals surface area (Å²) >= 11 is 0.902. The molecule has 6 nitrogen and oxygen atoms in total. The van der Waals surface area contributed by atoms with Gasteiger partial charge in [0.25, 0.3) is 0 Å². The van der Waals surface area contributed by atoms with Crippen molar-refractivity contribution in [1.29, 1.82) is 0 Å². The molecular weight excluding hydrogens is 369 g/mol. The highest BCUT2D eigenvalue weighted by atomic mass is 32.1. The van der Waals surface area contributed by atoms with Crippen LogP contribution in [0.25, 0.3) is 10.4 Å². The molecule has 26 heavy (non-hydrogen) atoms. The van der Waals surface area contributed by atoms with Crippen molar-refractivity contribution in [2.75, 3.05) is 19.1 Å². The van der Waals surface area contributed by atoms with Crippen molar-refractivity contribution in [2.24, 2.45) is 4.99 Å². The van der Waals surface area contributed by atoms with E-state index in [2.05, 4.69) is 15.0 Å². The third-order valence-corrected chi connectivity index (χ3v) is 4.78. The van der Waals surface area contributed by atoms with Gasteiger partial charge in [0.2, 0.25) is 5.88 Å². The Labute approximate surface area is 151 Å². The number of hydrogen-bond acceptors (Lipinski definition) is 7. The maximum Gasteiger partial charge on any atom is 0.434 e. The van der Waals surface area contributed by atoms with Gasteiger partial charge in [-0.2, -0.15) is 13.2 Å². The van der Waals surface area contributed by atoms with E-state index in [0.717, 1.165) is 11.3 Å². The molecule has 2 aromatic heterocycles. The Kier molecular flexibility index (Phi) is 4.97. The van der Waals surface area contributed by atoms with Crippen LogP contribution >= 0.6 is 11.3 Å². The molecule has 3 heterocycles. The lowest BCUT2D eigenvalue weighted by Gasteiger charge is -2.26. The fraction of sp³-hybridized carbons (Fsp3) is 0.312. The molecule has 0 N–H and O–H groups in total. The van der Waals surface area contributed by atoms with Crippen LogP contribution in [0.2, 0.25) is 0 Å². The minimum atomic E-state index is -4.60. The number of pyridine rings is 1. The van der Waals surface area contributed by atoms with Crippen LogP contribution in [0.4, 0.5) is 18.3 Å². The molecule has 138 valence electrons. The summed E-state index contributed by atoms with van der Waals surface area (Å²) in [6.45, 7) is 1.66. The van der Waals surface area contributed by atoms with Gasteiger partial charge in [0.05, 0.1) is 12.0 Å². The first-order valence-electron chi connectivity index (χ1n) is 7.46. The van der Waals surface area contributed by atoms with Crippen LogP contribution in [0, 0.1) is 6.92 Å². The Hall–Kier alpha value is -2.46. The predicted octanol–water partition coefficient (Wildman–Crippen LogP) is 3.84. The molecule has 0 saturated heterocycles. The lowest BCUT2D eigenvalue weighted by Crippen LogP contribution is -2.36. The van der Waals surface area contributed by atoms with Crippen LogP contribution < -0.4 is 4.90 Å². The summed E-state index contributed by atoms with van der Waals surface area (Å²) in [5, 5.41) is 0.109. The van der Waals surface area contributed by atoms with E-state index in [-0.39, 0.29) is 10.0 Å². The number of aromatic nitrogens is 2. The number of methoxy groups -OCH3 is 2. The average Bonchev–Trinajstić information content (AvgIpc) is 3.06. The van der Waals surface area contributed by atoms with E-state index in [0.29, 0.717) is 17.1 Å². The largest absolute Gasteiger partial charge is 0.481 e. The van der Waals surface area contributed by atoms with Gasteiger partial charge in [-0.1, -0.05) is 17.4 Å². The van der Waals surface area contributed by atoms with Gasteiger partial charge in [-0.3, -0.25) is 9.88 Å². The number of ether oxygens (including phenoxy) is 2. The molecule has 0 saturated carbocycles. The number of anilines is 1. The van der Waals surface area contributed by atoms with Crippen molar-refractivity contribution in [3.05, 3.63) is 41.7 Å². The summed E-state index contributed by atoms with van der Waals surface area (Å²) in [6.07, 6.45) is -0.869. The standard InChI is InChI=1S/C16H15F3N4O2S/c1-9-10(5-4-6-20-9)13-14(16(17,18)19)22-15(26-13)23-8-21-11(24-2)7-12(23)25-3/h4-8,12H,1-3H3. The number of rotatable bonds is 4. The van der Waals surface area contributed by atoms with Crippen molar-refractivity contribution in [2.45, 2.75) is 19.3 Å². The molecule has 10 heteroatoms. The number of thiazole rings is 1. The number of nitrogens with zero attached hydrogens (tertiary/aromatic N) is 4. The van der Waals surface area contributed by atoms with E-state index in [4.69, 9.17) is 9.47 Å². The van der Waals surface area contributed by atoms with Gasteiger partial charge in [-0.15, -0.1) is 0 Å². The lowest BCUT2D eigenvalue weighted by atomic mass is 10.1. The first-order chi connectivity index (χ1) is 12.3. The normalized spacial score (nSPS) is 17.4. The molecule has 2 aromatic rings. The second kappa shape index (κ2) is 7.04. The van der Waals surface area contributed by atoms with Crippen LogP contribution in [0.3, 0.4) is 0 Å². The Bertz CT molecular complexity index is 863. The number of alkyl halides is 3. The minimum absolute atomic E-state index is 0.00266. The Balaban J connectivity index is 2.09. The molecule has 0 amide bonds. The zero-order chi connectivity index (χ0) is 18.9. The van der Waals surface area contributed by atoms with Gasteiger partial charge in [-0.25, -0.2) is 9.98 Å². The molecule has 1 atom stereocenters. The molecular formula is C16H15F3N4O2S. The van der Waals surface area contributed by atoms with Gasteiger partial charge < -0.3 is 9.47 Å². The van der Waals surface area contributed by atoms with E-state index in [9.17, 15) is 13.2 Å². The Morgan fingerprint density at radius 3 is 2.65 bits per heavy atom. The lowest BCUT2D eigenvalue weighted by molar-refractivity contribution is -0.140. The van der Waals surface area contributed by atoms with Gasteiger partial charge in [0.1, 0.15) is 6.34 Å². The van der Waals surface area contributed by atoms with Crippen molar-refractivity contribution in [3.8, 4) is 10.4 Å². The van der Waals surface area contributed by atoms with Crippen molar-refractivity contribution in [1.82, 2.24) is 9.97 Å². The SMILES string of the molecule is COC1=CC(OC)N(c2nc(C(F)(F)F)c(-c3cccnc3C)s2)C=N1. The third kappa shape index (κ3) is 3.42. The first-order valence-corrected chi connectivity index (χ1v) is 8.28. The van der Waals surface area contributed by atoms with E-state index in [1.54, 1.807) is 25.1 Å². The molecule has 0 spiro atoms. The number of aryl methyl sites for hydroxylation is 1. The van der Waals surface area contributed by atoms with Crippen molar-refractivity contribution in [3.63, 3.8) is 0 Å². The van der Waals surface area contributed by atoms with Gasteiger partial charge in [-0.05, 0) is 13.0 Å². The monoisotopic (exact) mass is 384 g/mol. The molecule has 0 aliphatic carbocycles. The molecule has 1 unspecified atom stereocenters. The summed E-state index contributed by atoms with van der Waals surface area (Å²) in [6, 6.07) is 3.19. The van der Waals surface area contributed by atoms with Crippen LogP contribution in [-0.2, 0) is 15.7 Å². The Morgan fingerprint density at radius 2 is 2.04 bits per heavy atom. The average molecular weight is 384 g/mol. The second-order valence-corrected chi connectivity index (χ2v) is 6.27. The first kappa shape index (κ1) is 18.3. The van der Waals surface area contributed by atoms with Crippen LogP contribution in [0.1, 0.15) is 11.4 Å². The zero-order valence-corrected chi connectivity index (χ0v) is 14.9. The smallest absolute Gasteiger partial charge is 0.434 e. The zero-order valence-electron chi connectivity index (χ0n) is 14.1. The van der Waals surface area contributed by atoms with Gasteiger partial charge >= 0.3 is 6.18 Å². The van der Waals surface area contributed by atoms with Crippen molar-refractivity contribution < 1.29 is 22.6 Å². The number of aliphatic imine (C=N–C) groups is 1. The third-order valence-electron chi connectivity index (χ3n) is 3.68. The molecule has 1 aliphatic rings. The summed E-state index contributed by atoms with van der Waals surface area (Å²) in [7, 11) is 2.88. The Morgan fingerprint density at radius 1 is 1.27 bits per heavy atom. The number of halogens is 3. The van der Waals surface area contributed by atoms with E-state index < -0.39 is 18.1 Å². The van der Waals surface area contributed by atoms with Gasteiger partial charge in [0.15, 0.2) is 17.1 Å². The van der Waals surface area contributed by atoms with Crippen LogP contribution in [0.5, 0.6) is 0 Å². The van der Waals surface area contributed by atoms with E-state index in [1.807, 2.05) is 0 Å². The fourth-order valence-electron chi connectivity index (χ4n) is 2.41. The summed E-state index contributed by atoms with van der Waals surface area (Å²) in [4.78, 5) is 13.3. The molecule has 0 bridgehead atoms. The second-order valence-electron chi connectivity index (χ2n) is 5.30. The molecule has 0 fully saturated rings. The van der Waals surface area contributed by atoms with E-state index >= 15 is 0 Å². The highest BCUT2D eigenvalue weighted by molar-refractivity contribution is 7.19. The summed E-state index contributed by atoms with van der Waals surface area (Å²) < 4.78 is 51.0. The fourth-order valence-corrected chi connectivity index (χ4v) is 3.57. The number of hydrogen-bond donors (Lipinski definition) is 0. The molecule has 0 radical (unpaired) electrons. The molecule has 0 aromatic carbocycles. The van der Waals surface area contributed by atoms with Crippen LogP contribution in [0.15, 0.2) is 35.3 Å². The highest BCUT2D eigenvalue weighted by Gasteiger charge is 2.39. The van der Waals surface area contributed by atoms with Gasteiger partial charge in [0, 0.05) is 30.6 Å². The van der Waals surface area contributed by atoms with E-state index in [1.165, 1.54) is 31.7 Å². The highest BCUT2D eigenvalue weighted by Crippen LogP contribution is 2.44. The molecule has 3 rings (SSSR count). The maximum atomic E-state index is 13.6. The minimum Gasteiger partial charge on any atom is -0.481 e. The maximum absolute atomic E-state index is 13.6. The molecule has 1 aliphatic heterocycles. The summed E-state index contributed by atoms with van der Waals surface area (Å²) in [5.74, 6) is 0.309. The van der Waals surface area contributed by atoms with Crippen molar-refractivity contribution >= 4 is 22.8 Å².